The van der Waals surface area contributed by atoms with E-state index in [1.807, 2.05) is 18.2 Å². The second-order valence-electron chi connectivity index (χ2n) is 5.65. The third-order valence-electron chi connectivity index (χ3n) is 3.94. The van der Waals surface area contributed by atoms with Gasteiger partial charge in [0.05, 0.1) is 10.2 Å². The zero-order chi connectivity index (χ0) is 16.4. The molecule has 3 nitrogen and oxygen atoms in total. The molecule has 4 heteroatoms. The lowest BCUT2D eigenvalue weighted by Gasteiger charge is -2.12. The number of nitrogens with zero attached hydrogens (tertiary/aromatic N) is 1. The first kappa shape index (κ1) is 15.6. The standard InChI is InChI=1S/C19H20N2OS/c1-4-9-20-19(22)17-11-18-16(10-14(3)23-18)21(17)12-15-8-6-5-7-13(15)2/h4-8,10-11H,1,9,12H2,2-3H3,(H,20,22). The van der Waals surface area contributed by atoms with Crippen molar-refractivity contribution in [3.05, 3.63) is 70.8 Å². The van der Waals surface area contributed by atoms with Crippen molar-refractivity contribution in [2.24, 2.45) is 0 Å². The second kappa shape index (κ2) is 6.42. The number of thiophene rings is 1. The summed E-state index contributed by atoms with van der Waals surface area (Å²) in [5.74, 6) is -0.0560. The zero-order valence-corrected chi connectivity index (χ0v) is 14.2. The molecule has 1 amide bonds. The minimum atomic E-state index is -0.0560. The van der Waals surface area contributed by atoms with E-state index >= 15 is 0 Å². The number of rotatable bonds is 5. The van der Waals surface area contributed by atoms with E-state index in [2.05, 4.69) is 48.5 Å². The smallest absolute Gasteiger partial charge is 0.268 e. The number of carbonyl (C=O) groups is 1. The normalized spacial score (nSPS) is 10.9. The van der Waals surface area contributed by atoms with Crippen LogP contribution >= 0.6 is 11.3 Å². The lowest BCUT2D eigenvalue weighted by Crippen LogP contribution is -2.26. The topological polar surface area (TPSA) is 34.0 Å². The van der Waals surface area contributed by atoms with Crippen LogP contribution in [0.2, 0.25) is 0 Å². The van der Waals surface area contributed by atoms with Crippen molar-refractivity contribution in [2.45, 2.75) is 20.4 Å². The van der Waals surface area contributed by atoms with Crippen LogP contribution in [-0.4, -0.2) is 17.0 Å². The van der Waals surface area contributed by atoms with Crippen LogP contribution in [0.4, 0.5) is 0 Å². The summed E-state index contributed by atoms with van der Waals surface area (Å²) < 4.78 is 3.26. The highest BCUT2D eigenvalue weighted by Gasteiger charge is 2.17. The van der Waals surface area contributed by atoms with Crippen molar-refractivity contribution in [2.75, 3.05) is 6.54 Å². The summed E-state index contributed by atoms with van der Waals surface area (Å²) in [4.78, 5) is 13.7. The summed E-state index contributed by atoms with van der Waals surface area (Å²) in [6.45, 7) is 9.02. The van der Waals surface area contributed by atoms with E-state index in [1.165, 1.54) is 16.0 Å². The SMILES string of the molecule is C=CCNC(=O)c1cc2sc(C)cc2n1Cc1ccccc1C. The first-order valence-electron chi connectivity index (χ1n) is 7.63. The van der Waals surface area contributed by atoms with Crippen molar-refractivity contribution in [1.82, 2.24) is 9.88 Å². The molecule has 0 radical (unpaired) electrons. The Bertz CT molecular complexity index is 873. The summed E-state index contributed by atoms with van der Waals surface area (Å²) in [6.07, 6.45) is 1.69. The van der Waals surface area contributed by atoms with E-state index < -0.39 is 0 Å². The number of benzene rings is 1. The van der Waals surface area contributed by atoms with Crippen molar-refractivity contribution in [1.29, 1.82) is 0 Å². The Morgan fingerprint density at radius 1 is 1.30 bits per heavy atom. The van der Waals surface area contributed by atoms with E-state index in [-0.39, 0.29) is 5.91 Å². The molecule has 2 aromatic heterocycles. The molecular formula is C19H20N2OS. The van der Waals surface area contributed by atoms with Gasteiger partial charge >= 0.3 is 0 Å². The molecule has 3 rings (SSSR count). The van der Waals surface area contributed by atoms with Crippen molar-refractivity contribution in [3.63, 3.8) is 0 Å². The molecule has 0 aliphatic rings. The minimum Gasteiger partial charge on any atom is -0.347 e. The predicted molar refractivity (Wildman–Crippen MR) is 97.4 cm³/mol. The Labute approximate surface area is 140 Å². The highest BCUT2D eigenvalue weighted by Crippen LogP contribution is 2.29. The average molecular weight is 324 g/mol. The van der Waals surface area contributed by atoms with Gasteiger partial charge in [0.25, 0.3) is 5.91 Å². The fourth-order valence-electron chi connectivity index (χ4n) is 2.74. The summed E-state index contributed by atoms with van der Waals surface area (Å²) in [6, 6.07) is 12.4. The largest absolute Gasteiger partial charge is 0.347 e. The van der Waals surface area contributed by atoms with Crippen LogP contribution in [0.15, 0.2) is 49.1 Å². The molecule has 1 aromatic carbocycles. The second-order valence-corrected chi connectivity index (χ2v) is 6.94. The monoisotopic (exact) mass is 324 g/mol. The summed E-state index contributed by atoms with van der Waals surface area (Å²) in [5.41, 5.74) is 4.29. The van der Waals surface area contributed by atoms with Gasteiger partial charge in [0.1, 0.15) is 5.69 Å². The van der Waals surface area contributed by atoms with E-state index in [0.29, 0.717) is 18.8 Å². The molecule has 3 aromatic rings. The molecule has 0 unspecified atom stereocenters. The molecule has 2 heterocycles. The van der Waals surface area contributed by atoms with Gasteiger partial charge in [-0.15, -0.1) is 17.9 Å². The summed E-state index contributed by atoms with van der Waals surface area (Å²) in [5, 5.41) is 2.88. The number of nitrogens with one attached hydrogen (secondary N) is 1. The molecule has 0 atom stereocenters. The van der Waals surface area contributed by atoms with Crippen molar-refractivity contribution in [3.8, 4) is 0 Å². The Morgan fingerprint density at radius 3 is 2.83 bits per heavy atom. The maximum atomic E-state index is 12.5. The van der Waals surface area contributed by atoms with Crippen LogP contribution in [0.25, 0.3) is 10.2 Å². The third kappa shape index (κ3) is 3.08. The number of fused-ring (bicyclic) bond motifs is 1. The van der Waals surface area contributed by atoms with Gasteiger partial charge in [0.2, 0.25) is 0 Å². The molecule has 0 aliphatic carbocycles. The molecule has 118 valence electrons. The van der Waals surface area contributed by atoms with Gasteiger partial charge < -0.3 is 9.88 Å². The number of hydrogen-bond acceptors (Lipinski definition) is 2. The van der Waals surface area contributed by atoms with E-state index in [1.54, 1.807) is 17.4 Å². The maximum absolute atomic E-state index is 12.5. The van der Waals surface area contributed by atoms with Gasteiger partial charge in [0, 0.05) is 18.0 Å². The zero-order valence-electron chi connectivity index (χ0n) is 13.4. The van der Waals surface area contributed by atoms with Crippen LogP contribution in [-0.2, 0) is 6.54 Å². The lowest BCUT2D eigenvalue weighted by atomic mass is 10.1. The summed E-state index contributed by atoms with van der Waals surface area (Å²) in [7, 11) is 0. The fourth-order valence-corrected chi connectivity index (χ4v) is 3.70. The highest BCUT2D eigenvalue weighted by atomic mass is 32.1. The van der Waals surface area contributed by atoms with Crippen LogP contribution in [0.3, 0.4) is 0 Å². The molecule has 0 saturated carbocycles. The Morgan fingerprint density at radius 2 is 2.09 bits per heavy atom. The van der Waals surface area contributed by atoms with E-state index in [0.717, 1.165) is 10.2 Å². The Hall–Kier alpha value is -2.33. The van der Waals surface area contributed by atoms with Crippen LogP contribution in [0, 0.1) is 13.8 Å². The number of carbonyl (C=O) groups excluding carboxylic acids is 1. The van der Waals surface area contributed by atoms with Crippen LogP contribution < -0.4 is 5.32 Å². The molecule has 0 fully saturated rings. The van der Waals surface area contributed by atoms with Gasteiger partial charge in [-0.1, -0.05) is 30.3 Å². The summed E-state index contributed by atoms with van der Waals surface area (Å²) >= 11 is 1.72. The van der Waals surface area contributed by atoms with Crippen molar-refractivity contribution < 1.29 is 4.79 Å². The lowest BCUT2D eigenvalue weighted by molar-refractivity contribution is 0.0949. The quantitative estimate of drug-likeness (QED) is 0.698. The molecule has 23 heavy (non-hydrogen) atoms. The molecular weight excluding hydrogens is 304 g/mol. The molecule has 0 spiro atoms. The van der Waals surface area contributed by atoms with Crippen molar-refractivity contribution >= 4 is 27.5 Å². The predicted octanol–water partition coefficient (Wildman–Crippen LogP) is 4.28. The Kier molecular flexibility index (Phi) is 4.35. The van der Waals surface area contributed by atoms with Gasteiger partial charge in [-0.25, -0.2) is 0 Å². The highest BCUT2D eigenvalue weighted by molar-refractivity contribution is 7.19. The van der Waals surface area contributed by atoms with Crippen LogP contribution in [0.5, 0.6) is 0 Å². The van der Waals surface area contributed by atoms with Gasteiger partial charge in [-0.3, -0.25) is 4.79 Å². The van der Waals surface area contributed by atoms with E-state index in [4.69, 9.17) is 0 Å². The number of aryl methyl sites for hydroxylation is 2. The number of amides is 1. The van der Waals surface area contributed by atoms with E-state index in [9.17, 15) is 4.79 Å². The van der Waals surface area contributed by atoms with Gasteiger partial charge in [-0.2, -0.15) is 0 Å². The van der Waals surface area contributed by atoms with Gasteiger partial charge in [0.15, 0.2) is 0 Å². The fraction of sp³-hybridized carbons (Fsp3) is 0.211. The maximum Gasteiger partial charge on any atom is 0.268 e. The average Bonchev–Trinajstić information content (AvgIpc) is 3.04. The first-order valence-corrected chi connectivity index (χ1v) is 8.45. The molecule has 1 N–H and O–H groups in total. The van der Waals surface area contributed by atoms with Gasteiger partial charge in [-0.05, 0) is 37.1 Å². The number of hydrogen-bond donors (Lipinski definition) is 1. The Balaban J connectivity index is 2.06. The minimum absolute atomic E-state index is 0.0560. The molecule has 0 aliphatic heterocycles. The number of aromatic nitrogens is 1. The molecule has 0 saturated heterocycles. The first-order chi connectivity index (χ1) is 11.1. The van der Waals surface area contributed by atoms with Crippen LogP contribution in [0.1, 0.15) is 26.5 Å². The molecule has 0 bridgehead atoms. The third-order valence-corrected chi connectivity index (χ3v) is 4.93.